The number of carbonyl (C=O) groups excluding carboxylic acids is 2. The van der Waals surface area contributed by atoms with Gasteiger partial charge in [0.2, 0.25) is 5.91 Å². The number of rotatable bonds is 4. The van der Waals surface area contributed by atoms with E-state index in [9.17, 15) is 9.59 Å². The number of aromatic amines is 1. The summed E-state index contributed by atoms with van der Waals surface area (Å²) in [5, 5.41) is 9.22. The molecule has 0 aromatic carbocycles. The third-order valence-electron chi connectivity index (χ3n) is 2.01. The zero-order valence-electron chi connectivity index (χ0n) is 8.76. The molecule has 0 radical (unpaired) electrons. The van der Waals surface area contributed by atoms with Gasteiger partial charge in [0.15, 0.2) is 0 Å². The Kier molecular flexibility index (Phi) is 3.43. The third-order valence-corrected chi connectivity index (χ3v) is 2.01. The van der Waals surface area contributed by atoms with Gasteiger partial charge in [0.1, 0.15) is 0 Å². The van der Waals surface area contributed by atoms with Crippen LogP contribution in [0.2, 0.25) is 0 Å². The van der Waals surface area contributed by atoms with Crippen molar-refractivity contribution >= 4 is 11.8 Å². The van der Waals surface area contributed by atoms with Gasteiger partial charge in [-0.2, -0.15) is 5.10 Å². The highest BCUT2D eigenvalue weighted by Gasteiger charge is 2.14. The van der Waals surface area contributed by atoms with E-state index < -0.39 is 5.91 Å². The summed E-state index contributed by atoms with van der Waals surface area (Å²) in [5.41, 5.74) is 6.83. The molecule has 82 valence electrons. The van der Waals surface area contributed by atoms with Crippen molar-refractivity contribution in [3.63, 3.8) is 0 Å². The minimum absolute atomic E-state index is 0.141. The number of aryl methyl sites for hydroxylation is 2. The highest BCUT2D eigenvalue weighted by molar-refractivity contribution is 5.96. The van der Waals surface area contributed by atoms with Crippen LogP contribution in [0.3, 0.4) is 0 Å². The van der Waals surface area contributed by atoms with E-state index in [-0.39, 0.29) is 18.9 Å². The molecule has 0 aliphatic carbocycles. The van der Waals surface area contributed by atoms with Crippen molar-refractivity contribution in [1.29, 1.82) is 0 Å². The maximum Gasteiger partial charge on any atom is 0.255 e. The molecule has 2 amide bonds. The molecule has 0 saturated heterocycles. The lowest BCUT2D eigenvalue weighted by Crippen LogP contribution is -2.28. The number of nitrogens with two attached hydrogens (primary N) is 1. The van der Waals surface area contributed by atoms with Gasteiger partial charge in [-0.05, 0) is 13.8 Å². The van der Waals surface area contributed by atoms with Crippen LogP contribution in [-0.4, -0.2) is 28.6 Å². The molecular formula is C9H14N4O2. The van der Waals surface area contributed by atoms with Crippen LogP contribution in [0.15, 0.2) is 0 Å². The Hall–Kier alpha value is -1.85. The average molecular weight is 210 g/mol. The second-order valence-corrected chi connectivity index (χ2v) is 3.28. The Morgan fingerprint density at radius 2 is 2.13 bits per heavy atom. The monoisotopic (exact) mass is 210 g/mol. The Morgan fingerprint density at radius 3 is 2.60 bits per heavy atom. The van der Waals surface area contributed by atoms with Gasteiger partial charge in [-0.3, -0.25) is 14.7 Å². The maximum atomic E-state index is 11.6. The van der Waals surface area contributed by atoms with Crippen molar-refractivity contribution in [1.82, 2.24) is 15.5 Å². The molecular weight excluding hydrogens is 196 g/mol. The summed E-state index contributed by atoms with van der Waals surface area (Å²) in [6.45, 7) is 3.76. The highest BCUT2D eigenvalue weighted by atomic mass is 16.2. The summed E-state index contributed by atoms with van der Waals surface area (Å²) in [4.78, 5) is 22.1. The number of H-pyrrole nitrogens is 1. The average Bonchev–Trinajstić information content (AvgIpc) is 2.45. The zero-order valence-corrected chi connectivity index (χ0v) is 8.76. The van der Waals surface area contributed by atoms with E-state index in [0.717, 1.165) is 0 Å². The van der Waals surface area contributed by atoms with Crippen LogP contribution in [0.5, 0.6) is 0 Å². The van der Waals surface area contributed by atoms with Crippen LogP contribution in [0.4, 0.5) is 0 Å². The van der Waals surface area contributed by atoms with Gasteiger partial charge in [-0.1, -0.05) is 0 Å². The molecule has 0 fully saturated rings. The van der Waals surface area contributed by atoms with Crippen molar-refractivity contribution in [2.45, 2.75) is 20.3 Å². The van der Waals surface area contributed by atoms with Crippen molar-refractivity contribution in [2.24, 2.45) is 5.73 Å². The van der Waals surface area contributed by atoms with Gasteiger partial charge in [0, 0.05) is 18.7 Å². The molecule has 15 heavy (non-hydrogen) atoms. The van der Waals surface area contributed by atoms with Crippen molar-refractivity contribution in [3.8, 4) is 0 Å². The fourth-order valence-electron chi connectivity index (χ4n) is 1.27. The van der Waals surface area contributed by atoms with Gasteiger partial charge < -0.3 is 11.1 Å². The summed E-state index contributed by atoms with van der Waals surface area (Å²) in [5.74, 6) is -0.670. The lowest BCUT2D eigenvalue weighted by atomic mass is 10.2. The van der Waals surface area contributed by atoms with E-state index >= 15 is 0 Å². The topological polar surface area (TPSA) is 101 Å². The molecule has 0 spiro atoms. The van der Waals surface area contributed by atoms with Gasteiger partial charge in [0.25, 0.3) is 5.91 Å². The molecule has 6 heteroatoms. The minimum Gasteiger partial charge on any atom is -0.370 e. The van der Waals surface area contributed by atoms with Gasteiger partial charge >= 0.3 is 0 Å². The van der Waals surface area contributed by atoms with Crippen LogP contribution >= 0.6 is 0 Å². The van der Waals surface area contributed by atoms with E-state index in [4.69, 9.17) is 5.73 Å². The molecule has 1 heterocycles. The lowest BCUT2D eigenvalue weighted by Gasteiger charge is -2.03. The summed E-state index contributed by atoms with van der Waals surface area (Å²) >= 11 is 0. The van der Waals surface area contributed by atoms with Crippen molar-refractivity contribution in [2.75, 3.05) is 6.54 Å². The first-order valence-electron chi connectivity index (χ1n) is 4.60. The van der Waals surface area contributed by atoms with Crippen LogP contribution in [-0.2, 0) is 4.79 Å². The number of nitrogens with one attached hydrogen (secondary N) is 2. The van der Waals surface area contributed by atoms with Gasteiger partial charge in [-0.15, -0.1) is 0 Å². The largest absolute Gasteiger partial charge is 0.370 e. The molecule has 4 N–H and O–H groups in total. The second-order valence-electron chi connectivity index (χ2n) is 3.28. The van der Waals surface area contributed by atoms with E-state index in [1.54, 1.807) is 13.8 Å². The van der Waals surface area contributed by atoms with Crippen LogP contribution < -0.4 is 11.1 Å². The molecule has 6 nitrogen and oxygen atoms in total. The summed E-state index contributed by atoms with van der Waals surface area (Å²) in [6, 6.07) is 0. The molecule has 1 aromatic rings. The molecule has 0 atom stereocenters. The normalized spacial score (nSPS) is 10.0. The first-order valence-corrected chi connectivity index (χ1v) is 4.60. The Bertz CT molecular complexity index is 364. The van der Waals surface area contributed by atoms with E-state index in [1.807, 2.05) is 0 Å². The molecule has 0 saturated carbocycles. The number of primary amides is 1. The van der Waals surface area contributed by atoms with Crippen LogP contribution in [0.25, 0.3) is 0 Å². The second kappa shape index (κ2) is 4.59. The standard InChI is InChI=1S/C9H14N4O2/c1-5-8(6(2)13-12-5)9(15)11-4-3-7(10)14/h3-4H2,1-2H3,(H2,10,14)(H,11,15)(H,12,13). The molecule has 0 bridgehead atoms. The fourth-order valence-corrected chi connectivity index (χ4v) is 1.27. The first kappa shape index (κ1) is 11.2. The number of carbonyl (C=O) groups is 2. The predicted octanol–water partition coefficient (Wildman–Crippen LogP) is -0.368. The van der Waals surface area contributed by atoms with E-state index in [2.05, 4.69) is 15.5 Å². The van der Waals surface area contributed by atoms with Gasteiger partial charge in [0.05, 0.1) is 11.3 Å². The SMILES string of the molecule is Cc1n[nH]c(C)c1C(=O)NCCC(N)=O. The number of aromatic nitrogens is 2. The molecule has 1 aromatic heterocycles. The fraction of sp³-hybridized carbons (Fsp3) is 0.444. The molecule has 0 aliphatic rings. The Balaban J connectivity index is 2.58. The molecule has 0 aliphatic heterocycles. The zero-order chi connectivity index (χ0) is 11.4. The minimum atomic E-state index is -0.434. The lowest BCUT2D eigenvalue weighted by molar-refractivity contribution is -0.117. The number of nitrogens with zero attached hydrogens (tertiary/aromatic N) is 1. The van der Waals surface area contributed by atoms with Crippen molar-refractivity contribution < 1.29 is 9.59 Å². The third kappa shape index (κ3) is 2.80. The number of hydrogen-bond acceptors (Lipinski definition) is 3. The van der Waals surface area contributed by atoms with E-state index in [1.165, 1.54) is 0 Å². The molecule has 1 rings (SSSR count). The number of hydrogen-bond donors (Lipinski definition) is 3. The summed E-state index contributed by atoms with van der Waals surface area (Å²) < 4.78 is 0. The Labute approximate surface area is 87.2 Å². The van der Waals surface area contributed by atoms with Crippen LogP contribution in [0.1, 0.15) is 28.2 Å². The highest BCUT2D eigenvalue weighted by Crippen LogP contribution is 2.08. The first-order chi connectivity index (χ1) is 7.02. The van der Waals surface area contributed by atoms with Gasteiger partial charge in [-0.25, -0.2) is 0 Å². The predicted molar refractivity (Wildman–Crippen MR) is 54.2 cm³/mol. The maximum absolute atomic E-state index is 11.6. The summed E-state index contributed by atoms with van der Waals surface area (Å²) in [7, 11) is 0. The smallest absolute Gasteiger partial charge is 0.255 e. The summed E-state index contributed by atoms with van der Waals surface area (Å²) in [6.07, 6.45) is 0.141. The Morgan fingerprint density at radius 1 is 1.47 bits per heavy atom. The van der Waals surface area contributed by atoms with Crippen molar-refractivity contribution in [3.05, 3.63) is 17.0 Å². The molecule has 0 unspecified atom stereocenters. The quantitative estimate of drug-likeness (QED) is 0.632. The van der Waals surface area contributed by atoms with E-state index in [0.29, 0.717) is 17.0 Å². The number of amides is 2. The van der Waals surface area contributed by atoms with Crippen LogP contribution in [0, 0.1) is 13.8 Å².